The van der Waals surface area contributed by atoms with Gasteiger partial charge in [-0.3, -0.25) is 4.79 Å². The summed E-state index contributed by atoms with van der Waals surface area (Å²) in [6, 6.07) is 3.56. The molecule has 0 atom stereocenters. The minimum atomic E-state index is -0.106. The Morgan fingerprint density at radius 2 is 2.10 bits per heavy atom. The molecule has 1 aromatic heterocycles. The van der Waals surface area contributed by atoms with Gasteiger partial charge in [0.1, 0.15) is 5.69 Å². The molecular formula is C15H22N4O. The largest absolute Gasteiger partial charge is 0.340 e. The van der Waals surface area contributed by atoms with Crippen LogP contribution in [-0.4, -0.2) is 61.5 Å². The fourth-order valence-corrected chi connectivity index (χ4v) is 1.73. The van der Waals surface area contributed by atoms with Gasteiger partial charge in [-0.2, -0.15) is 0 Å². The number of aromatic nitrogens is 1. The lowest BCUT2D eigenvalue weighted by molar-refractivity contribution is 0.0784. The Kier molecular flexibility index (Phi) is 6.71. The summed E-state index contributed by atoms with van der Waals surface area (Å²) in [6.45, 7) is 1.90. The Hall–Kier alpha value is -1.90. The van der Waals surface area contributed by atoms with E-state index in [1.807, 2.05) is 14.1 Å². The standard InChI is InChI=1S/C15H22N4O/c1-18(2)11-6-12-19(3)15(20)14-13(7-4-9-16)8-5-10-17-14/h5,8,10H,6,9,11-12,16H2,1-3H3. The molecule has 0 fully saturated rings. The molecule has 0 aliphatic rings. The topological polar surface area (TPSA) is 62.5 Å². The monoisotopic (exact) mass is 274 g/mol. The highest BCUT2D eigenvalue weighted by molar-refractivity contribution is 5.94. The van der Waals surface area contributed by atoms with Crippen molar-refractivity contribution in [1.82, 2.24) is 14.8 Å². The maximum atomic E-state index is 12.4. The zero-order valence-corrected chi connectivity index (χ0v) is 12.4. The minimum absolute atomic E-state index is 0.106. The van der Waals surface area contributed by atoms with Crippen LogP contribution in [-0.2, 0) is 0 Å². The molecule has 2 N–H and O–H groups in total. The van der Waals surface area contributed by atoms with Gasteiger partial charge >= 0.3 is 0 Å². The zero-order chi connectivity index (χ0) is 15.0. The first kappa shape index (κ1) is 16.2. The molecular weight excluding hydrogens is 252 g/mol. The molecule has 1 amide bonds. The number of nitrogens with zero attached hydrogens (tertiary/aromatic N) is 3. The second-order valence-corrected chi connectivity index (χ2v) is 4.79. The fourth-order valence-electron chi connectivity index (χ4n) is 1.73. The van der Waals surface area contributed by atoms with Crippen molar-refractivity contribution in [1.29, 1.82) is 0 Å². The van der Waals surface area contributed by atoms with E-state index in [1.54, 1.807) is 30.3 Å². The number of carbonyl (C=O) groups is 1. The average molecular weight is 274 g/mol. The third-order valence-corrected chi connectivity index (χ3v) is 2.78. The zero-order valence-electron chi connectivity index (χ0n) is 12.4. The first-order valence-corrected chi connectivity index (χ1v) is 6.60. The smallest absolute Gasteiger partial charge is 0.273 e. The Balaban J connectivity index is 2.76. The fraction of sp³-hybridized carbons (Fsp3) is 0.467. The summed E-state index contributed by atoms with van der Waals surface area (Å²) in [5.41, 5.74) is 6.38. The summed E-state index contributed by atoms with van der Waals surface area (Å²) in [5.74, 6) is 5.54. The third kappa shape index (κ3) is 5.00. The van der Waals surface area contributed by atoms with Crippen LogP contribution in [0.2, 0.25) is 0 Å². The molecule has 0 bridgehead atoms. The van der Waals surface area contributed by atoms with Crippen molar-refractivity contribution in [2.45, 2.75) is 6.42 Å². The second kappa shape index (κ2) is 8.31. The highest BCUT2D eigenvalue weighted by Gasteiger charge is 2.15. The van der Waals surface area contributed by atoms with Gasteiger partial charge in [0.2, 0.25) is 0 Å². The van der Waals surface area contributed by atoms with E-state index in [1.165, 1.54) is 0 Å². The molecule has 0 aliphatic heterocycles. The van der Waals surface area contributed by atoms with E-state index in [0.29, 0.717) is 17.8 Å². The van der Waals surface area contributed by atoms with Gasteiger partial charge in [0.15, 0.2) is 0 Å². The van der Waals surface area contributed by atoms with Crippen molar-refractivity contribution in [3.05, 3.63) is 29.6 Å². The maximum absolute atomic E-state index is 12.4. The van der Waals surface area contributed by atoms with Crippen molar-refractivity contribution < 1.29 is 4.79 Å². The van der Waals surface area contributed by atoms with Crippen molar-refractivity contribution in [2.75, 3.05) is 40.8 Å². The lowest BCUT2D eigenvalue weighted by Crippen LogP contribution is -2.30. The first-order chi connectivity index (χ1) is 9.56. The molecule has 0 saturated heterocycles. The molecule has 1 heterocycles. The summed E-state index contributed by atoms with van der Waals surface area (Å²) in [5, 5.41) is 0. The highest BCUT2D eigenvalue weighted by atomic mass is 16.2. The van der Waals surface area contributed by atoms with Crippen LogP contribution in [0.1, 0.15) is 22.5 Å². The molecule has 5 nitrogen and oxygen atoms in total. The number of carbonyl (C=O) groups excluding carboxylic acids is 1. The van der Waals surface area contributed by atoms with Gasteiger partial charge in [0, 0.05) is 19.8 Å². The van der Waals surface area contributed by atoms with E-state index < -0.39 is 0 Å². The van der Waals surface area contributed by atoms with Crippen LogP contribution in [0.15, 0.2) is 18.3 Å². The molecule has 0 saturated carbocycles. The number of hydrogen-bond donors (Lipinski definition) is 1. The number of hydrogen-bond acceptors (Lipinski definition) is 4. The van der Waals surface area contributed by atoms with Gasteiger partial charge in [0.05, 0.1) is 12.1 Å². The minimum Gasteiger partial charge on any atom is -0.340 e. The summed E-state index contributed by atoms with van der Waals surface area (Å²) in [4.78, 5) is 20.3. The van der Waals surface area contributed by atoms with E-state index in [9.17, 15) is 4.79 Å². The average Bonchev–Trinajstić information content (AvgIpc) is 2.44. The normalized spacial score (nSPS) is 10.1. The molecule has 1 rings (SSSR count). The summed E-state index contributed by atoms with van der Waals surface area (Å²) < 4.78 is 0. The predicted octanol–water partition coefficient (Wildman–Crippen LogP) is 0.416. The van der Waals surface area contributed by atoms with E-state index >= 15 is 0 Å². The van der Waals surface area contributed by atoms with Gasteiger partial charge in [-0.1, -0.05) is 11.8 Å². The first-order valence-electron chi connectivity index (χ1n) is 6.60. The second-order valence-electron chi connectivity index (χ2n) is 4.79. The van der Waals surface area contributed by atoms with Crippen LogP contribution < -0.4 is 5.73 Å². The van der Waals surface area contributed by atoms with Crippen molar-refractivity contribution in [2.24, 2.45) is 5.73 Å². The van der Waals surface area contributed by atoms with Gasteiger partial charge in [-0.15, -0.1) is 0 Å². The van der Waals surface area contributed by atoms with Crippen LogP contribution in [0.4, 0.5) is 0 Å². The molecule has 0 aliphatic carbocycles. The SMILES string of the molecule is CN(C)CCCN(C)C(=O)c1ncccc1C#CCN. The molecule has 0 spiro atoms. The van der Waals surface area contributed by atoms with E-state index in [0.717, 1.165) is 13.0 Å². The Morgan fingerprint density at radius 1 is 1.35 bits per heavy atom. The number of pyridine rings is 1. The Bertz CT molecular complexity index is 502. The van der Waals surface area contributed by atoms with Crippen LogP contribution in [0.3, 0.4) is 0 Å². The molecule has 0 radical (unpaired) electrons. The molecule has 0 unspecified atom stereocenters. The molecule has 0 aromatic carbocycles. The number of amides is 1. The van der Waals surface area contributed by atoms with Crippen LogP contribution >= 0.6 is 0 Å². The maximum Gasteiger partial charge on any atom is 0.273 e. The lowest BCUT2D eigenvalue weighted by Gasteiger charge is -2.18. The summed E-state index contributed by atoms with van der Waals surface area (Å²) in [6.07, 6.45) is 2.53. The van der Waals surface area contributed by atoms with Crippen molar-refractivity contribution in [3.8, 4) is 11.8 Å². The Labute approximate surface area is 120 Å². The molecule has 108 valence electrons. The van der Waals surface area contributed by atoms with Crippen LogP contribution in [0.25, 0.3) is 0 Å². The van der Waals surface area contributed by atoms with Gasteiger partial charge < -0.3 is 15.5 Å². The van der Waals surface area contributed by atoms with Crippen LogP contribution in [0, 0.1) is 11.8 Å². The number of rotatable bonds is 5. The van der Waals surface area contributed by atoms with Gasteiger partial charge in [-0.05, 0) is 39.2 Å². The molecule has 5 heteroatoms. The molecule has 1 aromatic rings. The van der Waals surface area contributed by atoms with Crippen molar-refractivity contribution >= 4 is 5.91 Å². The third-order valence-electron chi connectivity index (χ3n) is 2.78. The summed E-state index contributed by atoms with van der Waals surface area (Å²) in [7, 11) is 5.81. The van der Waals surface area contributed by atoms with Crippen molar-refractivity contribution in [3.63, 3.8) is 0 Å². The molecule has 20 heavy (non-hydrogen) atoms. The Morgan fingerprint density at radius 3 is 2.75 bits per heavy atom. The van der Waals surface area contributed by atoms with E-state index in [-0.39, 0.29) is 12.5 Å². The van der Waals surface area contributed by atoms with E-state index in [4.69, 9.17) is 5.73 Å². The summed E-state index contributed by atoms with van der Waals surface area (Å²) >= 11 is 0. The lowest BCUT2D eigenvalue weighted by atomic mass is 10.1. The number of nitrogens with two attached hydrogens (primary N) is 1. The predicted molar refractivity (Wildman–Crippen MR) is 80.3 cm³/mol. The van der Waals surface area contributed by atoms with E-state index in [2.05, 4.69) is 21.7 Å². The highest BCUT2D eigenvalue weighted by Crippen LogP contribution is 2.07. The quantitative estimate of drug-likeness (QED) is 0.790. The van der Waals surface area contributed by atoms with Gasteiger partial charge in [-0.25, -0.2) is 4.98 Å². The van der Waals surface area contributed by atoms with Crippen LogP contribution in [0.5, 0.6) is 0 Å². The van der Waals surface area contributed by atoms with Gasteiger partial charge in [0.25, 0.3) is 5.91 Å².